The second-order valence-electron chi connectivity index (χ2n) is 5.16. The van der Waals surface area contributed by atoms with Crippen LogP contribution in [0.15, 0.2) is 0 Å². The molecular weight excluding hydrogens is 248 g/mol. The summed E-state index contributed by atoms with van der Waals surface area (Å²) in [6.07, 6.45) is 5.47. The molecule has 0 aromatic heterocycles. The highest BCUT2D eigenvalue weighted by Crippen LogP contribution is 2.05. The van der Waals surface area contributed by atoms with Gasteiger partial charge in [0.05, 0.1) is 6.54 Å². The van der Waals surface area contributed by atoms with Crippen LogP contribution < -0.4 is 10.6 Å². The number of carbonyl (C=O) groups is 2. The number of amides is 2. The highest BCUT2D eigenvalue weighted by Gasteiger charge is 2.30. The van der Waals surface area contributed by atoms with Gasteiger partial charge in [0.1, 0.15) is 0 Å². The molecular formula is C13H26N2O4. The molecule has 0 heterocycles. The summed E-state index contributed by atoms with van der Waals surface area (Å²) in [5, 5.41) is 23.2. The number of carboxylic acid groups (broad SMARTS) is 1. The average molecular weight is 274 g/mol. The molecule has 0 aliphatic carbocycles. The van der Waals surface area contributed by atoms with E-state index in [1.807, 2.05) is 6.92 Å². The van der Waals surface area contributed by atoms with Gasteiger partial charge < -0.3 is 20.8 Å². The summed E-state index contributed by atoms with van der Waals surface area (Å²) in [5.41, 5.74) is -1.94. The van der Waals surface area contributed by atoms with E-state index >= 15 is 0 Å². The molecule has 4 N–H and O–H groups in total. The van der Waals surface area contributed by atoms with E-state index in [0.717, 1.165) is 26.2 Å². The van der Waals surface area contributed by atoms with Crippen LogP contribution in [0, 0.1) is 0 Å². The van der Waals surface area contributed by atoms with Gasteiger partial charge in [0.25, 0.3) is 0 Å². The molecule has 0 aromatic rings. The zero-order chi connectivity index (χ0) is 14.9. The minimum atomic E-state index is -1.94. The van der Waals surface area contributed by atoms with E-state index in [4.69, 9.17) is 5.11 Å². The number of rotatable bonds is 9. The summed E-state index contributed by atoms with van der Waals surface area (Å²) in [7, 11) is 0. The largest absolute Gasteiger partial charge is 0.479 e. The fourth-order valence-electron chi connectivity index (χ4n) is 1.55. The maximum atomic E-state index is 11.5. The molecule has 0 saturated heterocycles. The number of aliphatic hydroxyl groups is 1. The number of carbonyl (C=O) groups excluding carboxylic acids is 1. The number of unbranched alkanes of at least 4 members (excludes halogenated alkanes) is 3. The van der Waals surface area contributed by atoms with E-state index in [2.05, 4.69) is 17.6 Å². The number of aliphatic carboxylic acids is 1. The fourth-order valence-corrected chi connectivity index (χ4v) is 1.55. The Hall–Kier alpha value is -1.30. The van der Waals surface area contributed by atoms with Gasteiger partial charge in [-0.25, -0.2) is 9.59 Å². The van der Waals surface area contributed by atoms with Crippen molar-refractivity contribution in [3.63, 3.8) is 0 Å². The van der Waals surface area contributed by atoms with Gasteiger partial charge in [-0.1, -0.05) is 32.6 Å². The monoisotopic (exact) mass is 274 g/mol. The van der Waals surface area contributed by atoms with Crippen molar-refractivity contribution < 1.29 is 19.8 Å². The predicted molar refractivity (Wildman–Crippen MR) is 73.0 cm³/mol. The first kappa shape index (κ1) is 17.7. The molecule has 112 valence electrons. The highest BCUT2D eigenvalue weighted by molar-refractivity contribution is 5.79. The van der Waals surface area contributed by atoms with Crippen molar-refractivity contribution in [3.05, 3.63) is 0 Å². The summed E-state index contributed by atoms with van der Waals surface area (Å²) < 4.78 is 0. The molecule has 6 heteroatoms. The molecule has 6 nitrogen and oxygen atoms in total. The molecule has 0 aliphatic heterocycles. The van der Waals surface area contributed by atoms with Crippen molar-refractivity contribution in [2.24, 2.45) is 0 Å². The zero-order valence-electron chi connectivity index (χ0n) is 12.0. The van der Waals surface area contributed by atoms with Gasteiger partial charge in [0.15, 0.2) is 5.60 Å². The van der Waals surface area contributed by atoms with Gasteiger partial charge >= 0.3 is 12.0 Å². The summed E-state index contributed by atoms with van der Waals surface area (Å²) in [6.45, 7) is 4.87. The van der Waals surface area contributed by atoms with E-state index in [9.17, 15) is 14.7 Å². The van der Waals surface area contributed by atoms with Gasteiger partial charge in [-0.05, 0) is 20.3 Å². The quantitative estimate of drug-likeness (QED) is 0.479. The van der Waals surface area contributed by atoms with Crippen LogP contribution in [0.25, 0.3) is 0 Å². The third-order valence-corrected chi connectivity index (χ3v) is 2.92. The molecule has 2 unspecified atom stereocenters. The number of nitrogens with one attached hydrogen (secondary N) is 2. The molecule has 2 atom stereocenters. The Kier molecular flexibility index (Phi) is 8.14. The molecule has 0 spiro atoms. The van der Waals surface area contributed by atoms with Crippen LogP contribution in [-0.2, 0) is 4.79 Å². The molecule has 0 aromatic carbocycles. The first-order chi connectivity index (χ1) is 8.79. The summed E-state index contributed by atoms with van der Waals surface area (Å²) in [6, 6.07) is -0.420. The summed E-state index contributed by atoms with van der Waals surface area (Å²) >= 11 is 0. The standard InChI is InChI=1S/C13H26N2O4/c1-4-5-6-7-8-10(2)15-12(18)14-9-13(3,19)11(16)17/h10,19H,4-9H2,1-3H3,(H,16,17)(H2,14,15,18). The Balaban J connectivity index is 3.82. The molecule has 0 bridgehead atoms. The predicted octanol–water partition coefficient (Wildman–Crippen LogP) is 1.48. The van der Waals surface area contributed by atoms with Crippen molar-refractivity contribution in [1.29, 1.82) is 0 Å². The minimum Gasteiger partial charge on any atom is -0.479 e. The Morgan fingerprint density at radius 1 is 1.26 bits per heavy atom. The SMILES string of the molecule is CCCCCCC(C)NC(=O)NCC(C)(O)C(=O)O. The van der Waals surface area contributed by atoms with Crippen LogP contribution in [0.1, 0.15) is 52.9 Å². The molecule has 2 amide bonds. The fraction of sp³-hybridized carbons (Fsp3) is 0.846. The Morgan fingerprint density at radius 2 is 1.89 bits per heavy atom. The third-order valence-electron chi connectivity index (χ3n) is 2.92. The zero-order valence-corrected chi connectivity index (χ0v) is 12.0. The van der Waals surface area contributed by atoms with Gasteiger partial charge in [0.2, 0.25) is 0 Å². The first-order valence-electron chi connectivity index (χ1n) is 6.79. The van der Waals surface area contributed by atoms with E-state index in [-0.39, 0.29) is 12.6 Å². The highest BCUT2D eigenvalue weighted by atomic mass is 16.4. The summed E-state index contributed by atoms with van der Waals surface area (Å²) in [4.78, 5) is 22.1. The second kappa shape index (κ2) is 8.74. The lowest BCUT2D eigenvalue weighted by molar-refractivity contribution is -0.155. The van der Waals surface area contributed by atoms with Crippen LogP contribution in [0.3, 0.4) is 0 Å². The maximum Gasteiger partial charge on any atom is 0.337 e. The van der Waals surface area contributed by atoms with E-state index in [1.54, 1.807) is 0 Å². The van der Waals surface area contributed by atoms with Gasteiger partial charge in [-0.15, -0.1) is 0 Å². The van der Waals surface area contributed by atoms with Crippen molar-refractivity contribution in [1.82, 2.24) is 10.6 Å². The lowest BCUT2D eigenvalue weighted by Crippen LogP contribution is -2.50. The van der Waals surface area contributed by atoms with Crippen molar-refractivity contribution >= 4 is 12.0 Å². The second-order valence-corrected chi connectivity index (χ2v) is 5.16. The minimum absolute atomic E-state index is 0.0339. The molecule has 0 aliphatic rings. The lowest BCUT2D eigenvalue weighted by atomic mass is 10.1. The molecule has 0 rings (SSSR count). The molecule has 0 saturated carbocycles. The van der Waals surface area contributed by atoms with Crippen LogP contribution in [0.4, 0.5) is 4.79 Å². The van der Waals surface area contributed by atoms with E-state index in [1.165, 1.54) is 12.8 Å². The number of carboxylic acids is 1. The number of hydrogen-bond acceptors (Lipinski definition) is 3. The van der Waals surface area contributed by atoms with Gasteiger partial charge in [0, 0.05) is 6.04 Å². The number of hydrogen-bond donors (Lipinski definition) is 4. The van der Waals surface area contributed by atoms with Crippen molar-refractivity contribution in [2.75, 3.05) is 6.54 Å². The molecule has 0 fully saturated rings. The van der Waals surface area contributed by atoms with E-state index < -0.39 is 17.6 Å². The smallest absolute Gasteiger partial charge is 0.337 e. The average Bonchev–Trinajstić information content (AvgIpc) is 2.32. The van der Waals surface area contributed by atoms with Crippen LogP contribution in [0.2, 0.25) is 0 Å². The maximum absolute atomic E-state index is 11.5. The lowest BCUT2D eigenvalue weighted by Gasteiger charge is -2.20. The first-order valence-corrected chi connectivity index (χ1v) is 6.79. The van der Waals surface area contributed by atoms with Crippen LogP contribution >= 0.6 is 0 Å². The molecule has 0 radical (unpaired) electrons. The van der Waals surface area contributed by atoms with Gasteiger partial charge in [-0.3, -0.25) is 0 Å². The van der Waals surface area contributed by atoms with Gasteiger partial charge in [-0.2, -0.15) is 0 Å². The van der Waals surface area contributed by atoms with Crippen molar-refractivity contribution in [3.8, 4) is 0 Å². The Bertz CT molecular complexity index is 292. The Morgan fingerprint density at radius 3 is 2.42 bits per heavy atom. The third kappa shape index (κ3) is 8.42. The van der Waals surface area contributed by atoms with Crippen LogP contribution in [0.5, 0.6) is 0 Å². The van der Waals surface area contributed by atoms with Crippen molar-refractivity contribution in [2.45, 2.75) is 64.5 Å². The normalized spacial score (nSPS) is 15.4. The topological polar surface area (TPSA) is 98.7 Å². The Labute approximate surface area is 114 Å². The summed E-state index contributed by atoms with van der Waals surface area (Å²) in [5.74, 6) is -1.36. The van der Waals surface area contributed by atoms with Crippen LogP contribution in [-0.4, -0.2) is 40.4 Å². The van der Waals surface area contributed by atoms with E-state index in [0.29, 0.717) is 0 Å². The number of urea groups is 1. The molecule has 19 heavy (non-hydrogen) atoms.